The molecule has 0 aromatic carbocycles. The molecule has 6 atom stereocenters. The summed E-state index contributed by atoms with van der Waals surface area (Å²) in [6, 6.07) is 0.553. The summed E-state index contributed by atoms with van der Waals surface area (Å²) in [5.74, 6) is 6.04. The quantitative estimate of drug-likeness (QED) is 0.355. The molecule has 0 saturated heterocycles. The van der Waals surface area contributed by atoms with Gasteiger partial charge < -0.3 is 5.32 Å². The molecule has 0 bridgehead atoms. The lowest BCUT2D eigenvalue weighted by molar-refractivity contribution is 0.0821. The van der Waals surface area contributed by atoms with Crippen molar-refractivity contribution < 1.29 is 0 Å². The molecule has 1 heteroatoms. The molecule has 1 heterocycles. The van der Waals surface area contributed by atoms with Gasteiger partial charge in [-0.3, -0.25) is 0 Å². The van der Waals surface area contributed by atoms with Crippen LogP contribution in [0.4, 0.5) is 0 Å². The summed E-state index contributed by atoms with van der Waals surface area (Å²) >= 11 is 0. The summed E-state index contributed by atoms with van der Waals surface area (Å²) in [5, 5.41) is 3.60. The first kappa shape index (κ1) is 25.9. The van der Waals surface area contributed by atoms with Gasteiger partial charge in [0, 0.05) is 5.92 Å². The Morgan fingerprint density at radius 3 is 2.41 bits per heavy atom. The number of hydrogen-bond acceptors (Lipinski definition) is 1. The Balaban J connectivity index is 1.02. The van der Waals surface area contributed by atoms with Gasteiger partial charge in [0.15, 0.2) is 0 Å². The maximum Gasteiger partial charge on any atom is 0.0506 e. The number of allylic oxidation sites excluding steroid dienone is 11. The molecule has 7 aliphatic rings. The van der Waals surface area contributed by atoms with Crippen LogP contribution in [0.1, 0.15) is 103 Å². The molecule has 2 fully saturated rings. The number of rotatable bonds is 5. The van der Waals surface area contributed by atoms with E-state index >= 15 is 0 Å². The van der Waals surface area contributed by atoms with E-state index in [2.05, 4.69) is 66.2 Å². The molecule has 208 valence electrons. The second-order valence-electron chi connectivity index (χ2n) is 14.0. The van der Waals surface area contributed by atoms with Crippen molar-refractivity contribution in [3.05, 3.63) is 83.2 Å². The van der Waals surface area contributed by atoms with Gasteiger partial charge >= 0.3 is 0 Å². The largest absolute Gasteiger partial charge is 0.384 e. The SMILES string of the molecule is C1=CCCC(C2=CC(C3CCC(C4C=CC(C5=CCCC(C6CC=CN6)=C5)C5CCCCC45)CC3)CCC2)=C1. The van der Waals surface area contributed by atoms with Gasteiger partial charge in [-0.25, -0.2) is 0 Å². The fourth-order valence-corrected chi connectivity index (χ4v) is 9.90. The van der Waals surface area contributed by atoms with Crippen molar-refractivity contribution in [1.82, 2.24) is 5.32 Å². The second-order valence-corrected chi connectivity index (χ2v) is 14.0. The van der Waals surface area contributed by atoms with Gasteiger partial charge in [-0.2, -0.15) is 0 Å². The van der Waals surface area contributed by atoms with E-state index < -0.39 is 0 Å². The van der Waals surface area contributed by atoms with Crippen LogP contribution in [-0.2, 0) is 0 Å². The fraction of sp³-hybridized carbons (Fsp3) is 0.632. The van der Waals surface area contributed by atoms with Crippen LogP contribution in [0, 0.1) is 41.4 Å². The lowest BCUT2D eigenvalue weighted by atomic mass is 9.57. The van der Waals surface area contributed by atoms with E-state index in [1.807, 2.05) is 0 Å². The summed E-state index contributed by atoms with van der Waals surface area (Å²) in [6.07, 6.45) is 47.0. The van der Waals surface area contributed by atoms with E-state index in [9.17, 15) is 0 Å². The zero-order chi connectivity index (χ0) is 26.0. The Hall–Kier alpha value is -2.02. The minimum atomic E-state index is 0.553. The van der Waals surface area contributed by atoms with Crippen molar-refractivity contribution in [1.29, 1.82) is 0 Å². The average Bonchev–Trinajstić information content (AvgIpc) is 3.57. The molecule has 1 aliphatic heterocycles. The molecule has 7 rings (SSSR count). The minimum absolute atomic E-state index is 0.553. The summed E-state index contributed by atoms with van der Waals surface area (Å²) in [7, 11) is 0. The summed E-state index contributed by atoms with van der Waals surface area (Å²) in [4.78, 5) is 0. The molecule has 39 heavy (non-hydrogen) atoms. The Labute approximate surface area is 238 Å². The first-order chi connectivity index (χ1) is 19.3. The Kier molecular flexibility index (Phi) is 7.87. The van der Waals surface area contributed by atoms with Crippen molar-refractivity contribution in [3.63, 3.8) is 0 Å². The second kappa shape index (κ2) is 11.8. The molecule has 1 nitrogen and oxygen atoms in total. The Morgan fingerprint density at radius 1 is 0.718 bits per heavy atom. The topological polar surface area (TPSA) is 12.0 Å². The van der Waals surface area contributed by atoms with Gasteiger partial charge in [0.25, 0.3) is 0 Å². The van der Waals surface area contributed by atoms with Gasteiger partial charge in [-0.15, -0.1) is 0 Å². The molecule has 0 spiro atoms. The summed E-state index contributed by atoms with van der Waals surface area (Å²) in [6.45, 7) is 0. The van der Waals surface area contributed by atoms with Crippen LogP contribution in [0.2, 0.25) is 0 Å². The lowest BCUT2D eigenvalue weighted by Crippen LogP contribution is -2.39. The van der Waals surface area contributed by atoms with Crippen molar-refractivity contribution in [2.24, 2.45) is 41.4 Å². The molecule has 1 N–H and O–H groups in total. The van der Waals surface area contributed by atoms with Crippen LogP contribution in [0.25, 0.3) is 0 Å². The van der Waals surface area contributed by atoms with Crippen molar-refractivity contribution in [2.75, 3.05) is 0 Å². The molecule has 6 unspecified atom stereocenters. The van der Waals surface area contributed by atoms with Gasteiger partial charge in [0.1, 0.15) is 0 Å². The average molecular weight is 522 g/mol. The van der Waals surface area contributed by atoms with Crippen LogP contribution < -0.4 is 5.32 Å². The van der Waals surface area contributed by atoms with E-state index in [0.29, 0.717) is 12.0 Å². The van der Waals surface area contributed by atoms with E-state index in [4.69, 9.17) is 0 Å². The molecule has 2 saturated carbocycles. The van der Waals surface area contributed by atoms with Crippen LogP contribution in [-0.4, -0.2) is 6.04 Å². The summed E-state index contributed by atoms with van der Waals surface area (Å²) in [5.41, 5.74) is 6.66. The maximum absolute atomic E-state index is 3.60. The predicted octanol–water partition coefficient (Wildman–Crippen LogP) is 9.93. The van der Waals surface area contributed by atoms with Gasteiger partial charge in [0.2, 0.25) is 0 Å². The highest BCUT2D eigenvalue weighted by molar-refractivity contribution is 5.38. The number of fused-ring (bicyclic) bond motifs is 1. The lowest BCUT2D eigenvalue weighted by Gasteiger charge is -2.48. The van der Waals surface area contributed by atoms with Crippen molar-refractivity contribution in [3.8, 4) is 0 Å². The van der Waals surface area contributed by atoms with Gasteiger partial charge in [-0.05, 0) is 154 Å². The van der Waals surface area contributed by atoms with Crippen LogP contribution in [0.5, 0.6) is 0 Å². The highest BCUT2D eigenvalue weighted by Crippen LogP contribution is 2.52. The third kappa shape index (κ3) is 5.49. The highest BCUT2D eigenvalue weighted by Gasteiger charge is 2.43. The third-order valence-electron chi connectivity index (χ3n) is 11.9. The molecule has 0 aromatic heterocycles. The number of nitrogens with one attached hydrogen (secondary N) is 1. The molecule has 0 radical (unpaired) electrons. The summed E-state index contributed by atoms with van der Waals surface area (Å²) < 4.78 is 0. The fourth-order valence-electron chi connectivity index (χ4n) is 9.90. The smallest absolute Gasteiger partial charge is 0.0506 e. The van der Waals surface area contributed by atoms with E-state index in [1.54, 1.807) is 22.3 Å². The Morgan fingerprint density at radius 2 is 1.59 bits per heavy atom. The molecule has 0 amide bonds. The molecular weight excluding hydrogens is 470 g/mol. The van der Waals surface area contributed by atoms with Crippen molar-refractivity contribution >= 4 is 0 Å². The normalized spacial score (nSPS) is 40.2. The highest BCUT2D eigenvalue weighted by atomic mass is 14.9. The predicted molar refractivity (Wildman–Crippen MR) is 165 cm³/mol. The molecule has 6 aliphatic carbocycles. The number of hydrogen-bond donors (Lipinski definition) is 1. The van der Waals surface area contributed by atoms with Crippen LogP contribution in [0.3, 0.4) is 0 Å². The van der Waals surface area contributed by atoms with Gasteiger partial charge in [-0.1, -0.05) is 67.5 Å². The molecule has 0 aromatic rings. The van der Waals surface area contributed by atoms with Crippen molar-refractivity contribution in [2.45, 2.75) is 109 Å². The van der Waals surface area contributed by atoms with Gasteiger partial charge in [0.05, 0.1) is 6.04 Å². The van der Waals surface area contributed by atoms with Crippen LogP contribution in [0.15, 0.2) is 83.2 Å². The van der Waals surface area contributed by atoms with E-state index in [1.165, 1.54) is 103 Å². The standard InChI is InChI=1S/C38H51N/c1-2-9-27(10-3-1)30-11-6-12-31(25-30)28-18-20-29(21-19-28)34-22-23-35(37-16-5-4-15-36(34)37)32-13-7-14-33(26-32)38-17-8-24-39-38/h1-2,8-9,13,22-26,28-29,31,34-39H,3-7,10-12,14-21H2. The monoisotopic (exact) mass is 521 g/mol. The zero-order valence-corrected chi connectivity index (χ0v) is 24.2. The van der Waals surface area contributed by atoms with E-state index in [0.717, 1.165) is 35.5 Å². The first-order valence-corrected chi connectivity index (χ1v) is 16.9. The van der Waals surface area contributed by atoms with E-state index in [-0.39, 0.29) is 0 Å². The third-order valence-corrected chi connectivity index (χ3v) is 11.9. The molecular formula is C38H51N. The minimum Gasteiger partial charge on any atom is -0.384 e. The maximum atomic E-state index is 3.60. The Bertz CT molecular complexity index is 1090. The van der Waals surface area contributed by atoms with Crippen LogP contribution >= 0.6 is 0 Å². The first-order valence-electron chi connectivity index (χ1n) is 16.9. The zero-order valence-electron chi connectivity index (χ0n) is 24.2.